The van der Waals surface area contributed by atoms with Crippen molar-refractivity contribution in [3.8, 4) is 0 Å². The van der Waals surface area contributed by atoms with Crippen molar-refractivity contribution in [1.82, 2.24) is 0 Å². The summed E-state index contributed by atoms with van der Waals surface area (Å²) in [4.78, 5) is 0. The van der Waals surface area contributed by atoms with E-state index in [4.69, 9.17) is 20.9 Å². The maximum absolute atomic E-state index is 5.70. The molecule has 2 aliphatic rings. The molecule has 0 bridgehead atoms. The molecule has 0 aromatic rings. The van der Waals surface area contributed by atoms with Gasteiger partial charge in [-0.15, -0.1) is 0 Å². The minimum absolute atomic E-state index is 0.405. The molecule has 2 fully saturated rings. The van der Waals surface area contributed by atoms with Gasteiger partial charge in [-0.3, -0.25) is 15.2 Å². The van der Waals surface area contributed by atoms with Gasteiger partial charge in [0.05, 0.1) is 0 Å². The fourth-order valence-corrected chi connectivity index (χ4v) is 2.10. The van der Waals surface area contributed by atoms with Crippen LogP contribution < -0.4 is 11.5 Å². The highest BCUT2D eigenvalue weighted by molar-refractivity contribution is 5.17. The van der Waals surface area contributed by atoms with Crippen molar-refractivity contribution in [2.45, 2.75) is 44.3 Å². The zero-order valence-corrected chi connectivity index (χ0v) is 8.08. The van der Waals surface area contributed by atoms with Crippen LogP contribution in [0.1, 0.15) is 32.6 Å². The number of fused-ring (bicyclic) bond motifs is 1. The number of nitrogens with two attached hydrogens (primary N) is 2. The third-order valence-corrected chi connectivity index (χ3v) is 2.94. The SMILES string of the molecule is CCCC(CCCN)C12OC1(N)O2. The quantitative estimate of drug-likeness (QED) is 0.592. The summed E-state index contributed by atoms with van der Waals surface area (Å²) in [5.41, 5.74) is 11.2. The van der Waals surface area contributed by atoms with E-state index in [1.807, 2.05) is 0 Å². The molecular formula is C9H18N2O2. The Morgan fingerprint density at radius 3 is 2.31 bits per heavy atom. The maximum atomic E-state index is 5.70. The molecule has 0 radical (unpaired) electrons. The predicted octanol–water partition coefficient (Wildman–Crippen LogP) is 0.511. The Hall–Kier alpha value is -0.160. The minimum Gasteiger partial charge on any atom is -0.330 e. The second-order valence-electron chi connectivity index (χ2n) is 3.96. The second-order valence-corrected chi connectivity index (χ2v) is 3.96. The van der Waals surface area contributed by atoms with Crippen LogP contribution >= 0.6 is 0 Å². The fraction of sp³-hybridized carbons (Fsp3) is 1.00. The topological polar surface area (TPSA) is 77.1 Å². The van der Waals surface area contributed by atoms with Crippen LogP contribution in [-0.2, 0) is 9.47 Å². The molecule has 0 spiro atoms. The first-order valence-corrected chi connectivity index (χ1v) is 5.08. The Morgan fingerprint density at radius 2 is 1.92 bits per heavy atom. The summed E-state index contributed by atoms with van der Waals surface area (Å²) < 4.78 is 10.6. The summed E-state index contributed by atoms with van der Waals surface area (Å²) in [7, 11) is 0. The van der Waals surface area contributed by atoms with Gasteiger partial charge < -0.3 is 5.73 Å². The molecule has 2 heterocycles. The van der Waals surface area contributed by atoms with E-state index in [-0.39, 0.29) is 0 Å². The first-order chi connectivity index (χ1) is 6.18. The van der Waals surface area contributed by atoms with Gasteiger partial charge in [0.15, 0.2) is 0 Å². The van der Waals surface area contributed by atoms with Gasteiger partial charge in [0.25, 0.3) is 5.91 Å². The molecule has 1 unspecified atom stereocenters. The first kappa shape index (κ1) is 9.40. The summed E-state index contributed by atoms with van der Waals surface area (Å²) in [6.45, 7) is 2.89. The molecule has 0 aromatic heterocycles. The summed E-state index contributed by atoms with van der Waals surface area (Å²) >= 11 is 0. The van der Waals surface area contributed by atoms with Crippen molar-refractivity contribution in [3.05, 3.63) is 0 Å². The van der Waals surface area contributed by atoms with E-state index < -0.39 is 11.7 Å². The molecule has 2 rings (SSSR count). The molecule has 0 amide bonds. The molecule has 0 saturated carbocycles. The monoisotopic (exact) mass is 186 g/mol. The molecule has 0 aromatic carbocycles. The number of epoxide rings is 2. The average molecular weight is 186 g/mol. The van der Waals surface area contributed by atoms with Crippen molar-refractivity contribution in [1.29, 1.82) is 0 Å². The van der Waals surface area contributed by atoms with Crippen LogP contribution in [0.3, 0.4) is 0 Å². The smallest absolute Gasteiger partial charge is 0.287 e. The zero-order valence-electron chi connectivity index (χ0n) is 8.08. The van der Waals surface area contributed by atoms with Crippen molar-refractivity contribution < 1.29 is 9.47 Å². The molecule has 13 heavy (non-hydrogen) atoms. The molecule has 2 saturated heterocycles. The van der Waals surface area contributed by atoms with Crippen LogP contribution in [0.15, 0.2) is 0 Å². The van der Waals surface area contributed by atoms with E-state index in [1.165, 1.54) is 0 Å². The highest BCUT2D eigenvalue weighted by atomic mass is 17.1. The highest BCUT2D eigenvalue weighted by Gasteiger charge is 2.91. The van der Waals surface area contributed by atoms with Crippen LogP contribution in [0, 0.1) is 5.92 Å². The number of hydrogen-bond donors (Lipinski definition) is 2. The third kappa shape index (κ3) is 1.29. The molecule has 4 heteroatoms. The van der Waals surface area contributed by atoms with Crippen molar-refractivity contribution in [2.24, 2.45) is 17.4 Å². The molecular weight excluding hydrogens is 168 g/mol. The minimum atomic E-state index is -0.707. The van der Waals surface area contributed by atoms with E-state index in [0.717, 1.165) is 32.2 Å². The van der Waals surface area contributed by atoms with E-state index in [1.54, 1.807) is 0 Å². The Labute approximate surface area is 78.6 Å². The number of rotatable bonds is 6. The van der Waals surface area contributed by atoms with E-state index in [9.17, 15) is 0 Å². The lowest BCUT2D eigenvalue weighted by Crippen LogP contribution is -2.17. The van der Waals surface area contributed by atoms with Crippen molar-refractivity contribution in [2.75, 3.05) is 6.54 Å². The van der Waals surface area contributed by atoms with E-state index in [0.29, 0.717) is 5.92 Å². The van der Waals surface area contributed by atoms with Gasteiger partial charge in [-0.05, 0) is 25.8 Å². The lowest BCUT2D eigenvalue weighted by Gasteiger charge is -2.14. The van der Waals surface area contributed by atoms with Gasteiger partial charge in [0.2, 0.25) is 5.79 Å². The Kier molecular flexibility index (Phi) is 2.11. The molecule has 2 aliphatic heterocycles. The predicted molar refractivity (Wildman–Crippen MR) is 48.5 cm³/mol. The Balaban J connectivity index is 1.85. The summed E-state index contributed by atoms with van der Waals surface area (Å²) in [5, 5.41) is 0. The van der Waals surface area contributed by atoms with Crippen LogP contribution in [0.4, 0.5) is 0 Å². The van der Waals surface area contributed by atoms with Crippen LogP contribution in [0.5, 0.6) is 0 Å². The molecule has 76 valence electrons. The zero-order chi connectivity index (χ0) is 9.53. The summed E-state index contributed by atoms with van der Waals surface area (Å²) in [5.74, 6) is -0.675. The van der Waals surface area contributed by atoms with Gasteiger partial charge in [0.1, 0.15) is 0 Å². The third-order valence-electron chi connectivity index (χ3n) is 2.94. The fourth-order valence-electron chi connectivity index (χ4n) is 2.10. The molecule has 0 aliphatic carbocycles. The van der Waals surface area contributed by atoms with E-state index in [2.05, 4.69) is 6.92 Å². The van der Waals surface area contributed by atoms with Crippen LogP contribution in [0.2, 0.25) is 0 Å². The van der Waals surface area contributed by atoms with Crippen molar-refractivity contribution >= 4 is 0 Å². The van der Waals surface area contributed by atoms with Crippen molar-refractivity contribution in [3.63, 3.8) is 0 Å². The summed E-state index contributed by atoms with van der Waals surface area (Å²) in [6.07, 6.45) is 4.33. The van der Waals surface area contributed by atoms with Gasteiger partial charge >= 0.3 is 0 Å². The van der Waals surface area contributed by atoms with Gasteiger partial charge in [-0.2, -0.15) is 0 Å². The standard InChI is InChI=1S/C9H18N2O2/c1-2-4-7(5-3-6-10)8-9(11,12-8)13-8/h7H,2-6,10-11H2,1H3. The average Bonchev–Trinajstić information content (AvgIpc) is 2.83. The van der Waals surface area contributed by atoms with Crippen LogP contribution in [-0.4, -0.2) is 18.2 Å². The second kappa shape index (κ2) is 2.92. The number of ether oxygens (including phenoxy) is 2. The number of hydrogen-bond acceptors (Lipinski definition) is 4. The van der Waals surface area contributed by atoms with Gasteiger partial charge in [-0.1, -0.05) is 13.3 Å². The van der Waals surface area contributed by atoms with Gasteiger partial charge in [-0.25, -0.2) is 0 Å². The molecule has 4 nitrogen and oxygen atoms in total. The normalized spacial score (nSPS) is 42.7. The molecule has 4 N–H and O–H groups in total. The lowest BCUT2D eigenvalue weighted by molar-refractivity contribution is -0.117. The maximum Gasteiger partial charge on any atom is 0.287 e. The highest BCUT2D eigenvalue weighted by Crippen LogP contribution is 2.69. The molecule has 1 atom stereocenters. The van der Waals surface area contributed by atoms with E-state index >= 15 is 0 Å². The summed E-state index contributed by atoms with van der Waals surface area (Å²) in [6, 6.07) is 0. The Bertz CT molecular complexity index is 202. The lowest BCUT2D eigenvalue weighted by atomic mass is 9.93. The van der Waals surface area contributed by atoms with Crippen LogP contribution in [0.25, 0.3) is 0 Å². The Morgan fingerprint density at radius 1 is 1.31 bits per heavy atom. The largest absolute Gasteiger partial charge is 0.330 e. The van der Waals surface area contributed by atoms with Gasteiger partial charge in [0, 0.05) is 5.92 Å². The first-order valence-electron chi connectivity index (χ1n) is 5.08.